The second-order valence-electron chi connectivity index (χ2n) is 7.79. The molecule has 0 bridgehead atoms. The summed E-state index contributed by atoms with van der Waals surface area (Å²) in [5.74, 6) is -6.58. The number of benzene rings is 3. The van der Waals surface area contributed by atoms with Crippen LogP contribution in [0.25, 0.3) is 0 Å². The third-order valence-electron chi connectivity index (χ3n) is 4.83. The predicted octanol–water partition coefficient (Wildman–Crippen LogP) is 4.02. The number of aryl methyl sites for hydroxylation is 1. The number of halogens is 2. The van der Waals surface area contributed by atoms with Crippen LogP contribution in [0.1, 0.15) is 27.8 Å². The Balaban J connectivity index is 1.58. The van der Waals surface area contributed by atoms with Gasteiger partial charge in [0.2, 0.25) is 15.9 Å². The molecule has 0 aromatic heterocycles. The number of carbonyl (C=O) groups is 2. The largest absolute Gasteiger partial charge is 0.456 e. The molecule has 0 fully saturated rings. The van der Waals surface area contributed by atoms with E-state index in [0.29, 0.717) is 22.3 Å². The number of hydrogen-bond acceptors (Lipinski definition) is 5. The van der Waals surface area contributed by atoms with E-state index in [0.717, 1.165) is 6.07 Å². The third kappa shape index (κ3) is 6.95. The summed E-state index contributed by atoms with van der Waals surface area (Å²) in [6.07, 6.45) is -0.255. The molecule has 34 heavy (non-hydrogen) atoms. The first-order chi connectivity index (χ1) is 16.0. The van der Waals surface area contributed by atoms with Crippen LogP contribution in [0, 0.1) is 6.92 Å². The van der Waals surface area contributed by atoms with E-state index in [1.807, 2.05) is 4.72 Å². The monoisotopic (exact) mass is 487 g/mol. The van der Waals surface area contributed by atoms with Gasteiger partial charge >= 0.3 is 11.9 Å². The first kappa shape index (κ1) is 25.0. The number of alkyl halides is 2. The normalized spacial score (nSPS) is 11.6. The van der Waals surface area contributed by atoms with E-state index in [9.17, 15) is 26.8 Å². The molecule has 0 aliphatic heterocycles. The van der Waals surface area contributed by atoms with Crippen molar-refractivity contribution in [3.63, 3.8) is 0 Å². The summed E-state index contributed by atoms with van der Waals surface area (Å²) in [7, 11) is -3.88. The molecule has 3 aromatic carbocycles. The average Bonchev–Trinajstić information content (AvgIpc) is 2.77. The maximum Gasteiger partial charge on any atom is 0.382 e. The standard InChI is InChI=1S/C25H23F2NO5S/c1-18-7-5-12-22(13-18)25(26,27)24(30)33-16-21-11-6-10-20(14-21)15-23(29)28-34(31,32)17-19-8-3-2-4-9-19/h2-14H,15-17H2,1H3,(H,28,29). The van der Waals surface area contributed by atoms with Gasteiger partial charge in [-0.05, 0) is 29.7 Å². The fourth-order valence-corrected chi connectivity index (χ4v) is 4.37. The van der Waals surface area contributed by atoms with Gasteiger partial charge in [-0.1, -0.05) is 78.4 Å². The van der Waals surface area contributed by atoms with Crippen LogP contribution in [0.5, 0.6) is 0 Å². The molecule has 0 saturated heterocycles. The van der Waals surface area contributed by atoms with Crippen LogP contribution in [0.2, 0.25) is 0 Å². The van der Waals surface area contributed by atoms with Gasteiger partial charge < -0.3 is 4.74 Å². The lowest BCUT2D eigenvalue weighted by molar-refractivity contribution is -0.175. The number of sulfonamides is 1. The summed E-state index contributed by atoms with van der Waals surface area (Å²) < 4.78 is 60.1. The predicted molar refractivity (Wildman–Crippen MR) is 122 cm³/mol. The Morgan fingerprint density at radius 3 is 2.24 bits per heavy atom. The maximum absolute atomic E-state index is 14.4. The van der Waals surface area contributed by atoms with Crippen molar-refractivity contribution in [3.05, 3.63) is 107 Å². The number of ether oxygens (including phenoxy) is 1. The number of rotatable bonds is 9. The fourth-order valence-electron chi connectivity index (χ4n) is 3.25. The van der Waals surface area contributed by atoms with E-state index in [-0.39, 0.29) is 12.2 Å². The minimum absolute atomic E-state index is 0.255. The number of nitrogens with one attached hydrogen (secondary N) is 1. The van der Waals surface area contributed by atoms with Crippen molar-refractivity contribution in [1.29, 1.82) is 0 Å². The van der Waals surface area contributed by atoms with E-state index in [1.54, 1.807) is 61.5 Å². The second kappa shape index (κ2) is 10.6. The SMILES string of the molecule is Cc1cccc(C(F)(F)C(=O)OCc2cccc(CC(=O)NS(=O)(=O)Cc3ccccc3)c2)c1. The van der Waals surface area contributed by atoms with Gasteiger partial charge in [0.15, 0.2) is 0 Å². The van der Waals surface area contributed by atoms with Gasteiger partial charge in [-0.3, -0.25) is 9.52 Å². The van der Waals surface area contributed by atoms with Crippen molar-refractivity contribution >= 4 is 21.9 Å². The zero-order valence-corrected chi connectivity index (χ0v) is 19.1. The molecule has 0 spiro atoms. The Labute approximate surface area is 196 Å². The van der Waals surface area contributed by atoms with Crippen molar-refractivity contribution in [2.24, 2.45) is 0 Å². The molecule has 1 N–H and O–H groups in total. The molecule has 0 heterocycles. The van der Waals surface area contributed by atoms with Gasteiger partial charge in [0.05, 0.1) is 12.2 Å². The molecule has 0 aliphatic carbocycles. The highest BCUT2D eigenvalue weighted by atomic mass is 32.2. The van der Waals surface area contributed by atoms with Gasteiger partial charge in [0.1, 0.15) is 6.61 Å². The minimum Gasteiger partial charge on any atom is -0.456 e. The van der Waals surface area contributed by atoms with Crippen LogP contribution >= 0.6 is 0 Å². The van der Waals surface area contributed by atoms with Crippen molar-refractivity contribution in [2.45, 2.75) is 31.6 Å². The van der Waals surface area contributed by atoms with Crippen molar-refractivity contribution in [1.82, 2.24) is 4.72 Å². The molecule has 9 heteroatoms. The third-order valence-corrected chi connectivity index (χ3v) is 6.08. The van der Waals surface area contributed by atoms with E-state index in [4.69, 9.17) is 4.74 Å². The van der Waals surface area contributed by atoms with Crippen molar-refractivity contribution in [2.75, 3.05) is 0 Å². The molecule has 0 aliphatic rings. The van der Waals surface area contributed by atoms with Crippen molar-refractivity contribution < 1.29 is 31.5 Å². The zero-order valence-electron chi connectivity index (χ0n) is 18.3. The molecule has 178 valence electrons. The van der Waals surface area contributed by atoms with Gasteiger partial charge in [0.25, 0.3) is 0 Å². The summed E-state index contributed by atoms with van der Waals surface area (Å²) in [6, 6.07) is 20.0. The Morgan fingerprint density at radius 1 is 0.882 bits per heavy atom. The summed E-state index contributed by atoms with van der Waals surface area (Å²) >= 11 is 0. The Hall–Kier alpha value is -3.59. The molecule has 0 radical (unpaired) electrons. The molecular formula is C25H23F2NO5S. The smallest absolute Gasteiger partial charge is 0.382 e. The number of esters is 1. The molecule has 3 aromatic rings. The van der Waals surface area contributed by atoms with E-state index in [1.165, 1.54) is 18.2 Å². The molecule has 3 rings (SSSR count). The quantitative estimate of drug-likeness (QED) is 0.461. The summed E-state index contributed by atoms with van der Waals surface area (Å²) in [6.45, 7) is 1.21. The molecule has 0 saturated carbocycles. The highest BCUT2D eigenvalue weighted by Crippen LogP contribution is 2.30. The van der Waals surface area contributed by atoms with Gasteiger partial charge in [-0.2, -0.15) is 8.78 Å². The van der Waals surface area contributed by atoms with Gasteiger partial charge in [-0.15, -0.1) is 0 Å². The zero-order chi connectivity index (χ0) is 24.8. The first-order valence-corrected chi connectivity index (χ1v) is 12.0. The van der Waals surface area contributed by atoms with E-state index >= 15 is 0 Å². The summed E-state index contributed by atoms with van der Waals surface area (Å²) in [4.78, 5) is 24.3. The number of hydrogen-bond donors (Lipinski definition) is 1. The van der Waals surface area contributed by atoms with Crippen LogP contribution < -0.4 is 4.72 Å². The van der Waals surface area contributed by atoms with Crippen molar-refractivity contribution in [3.8, 4) is 0 Å². The van der Waals surface area contributed by atoms with Crippen LogP contribution in [0.4, 0.5) is 8.78 Å². The van der Waals surface area contributed by atoms with Crippen LogP contribution in [-0.4, -0.2) is 20.3 Å². The molecule has 1 amide bonds. The molecular weight excluding hydrogens is 464 g/mol. The highest BCUT2D eigenvalue weighted by molar-refractivity contribution is 7.89. The van der Waals surface area contributed by atoms with Crippen LogP contribution in [-0.2, 0) is 49.1 Å². The van der Waals surface area contributed by atoms with Gasteiger partial charge in [-0.25, -0.2) is 13.2 Å². The lowest BCUT2D eigenvalue weighted by atomic mass is 10.1. The minimum atomic E-state index is -3.88. The second-order valence-corrected chi connectivity index (χ2v) is 9.51. The maximum atomic E-state index is 14.4. The lowest BCUT2D eigenvalue weighted by Crippen LogP contribution is -2.32. The fraction of sp³-hybridized carbons (Fsp3) is 0.200. The van der Waals surface area contributed by atoms with Crippen LogP contribution in [0.15, 0.2) is 78.9 Å². The topological polar surface area (TPSA) is 89.5 Å². The van der Waals surface area contributed by atoms with E-state index < -0.39 is 40.0 Å². The van der Waals surface area contributed by atoms with E-state index in [2.05, 4.69) is 0 Å². The highest BCUT2D eigenvalue weighted by Gasteiger charge is 2.42. The molecule has 0 unspecified atom stereocenters. The molecule has 6 nitrogen and oxygen atoms in total. The Bertz CT molecular complexity index is 1280. The average molecular weight is 488 g/mol. The number of carbonyl (C=O) groups excluding carboxylic acids is 2. The Morgan fingerprint density at radius 2 is 1.53 bits per heavy atom. The van der Waals surface area contributed by atoms with Crippen LogP contribution in [0.3, 0.4) is 0 Å². The molecule has 0 atom stereocenters. The Kier molecular flexibility index (Phi) is 7.78. The van der Waals surface area contributed by atoms with Gasteiger partial charge in [0, 0.05) is 5.56 Å². The number of amides is 1. The lowest BCUT2D eigenvalue weighted by Gasteiger charge is -2.16. The summed E-state index contributed by atoms with van der Waals surface area (Å²) in [5.41, 5.74) is 1.48. The first-order valence-electron chi connectivity index (χ1n) is 10.3. The summed E-state index contributed by atoms with van der Waals surface area (Å²) in [5, 5.41) is 0.